The Kier molecular flexibility index (Phi) is 3.18. The number of amides is 1. The number of hydrogen-bond acceptors (Lipinski definition) is 2. The fourth-order valence-corrected chi connectivity index (χ4v) is 2.77. The van der Waals surface area contributed by atoms with Crippen LogP contribution in [0.2, 0.25) is 0 Å². The molecular formula is C14H19BrN2O. The molecule has 1 heterocycles. The summed E-state index contributed by atoms with van der Waals surface area (Å²) < 4.78 is 1.02. The fraction of sp³-hybridized carbons (Fsp3) is 0.500. The zero-order chi connectivity index (χ0) is 13.6. The van der Waals surface area contributed by atoms with Crippen molar-refractivity contribution in [1.82, 2.24) is 5.32 Å². The number of anilines is 1. The monoisotopic (exact) mass is 310 g/mol. The Morgan fingerprint density at radius 1 is 1.22 bits per heavy atom. The van der Waals surface area contributed by atoms with E-state index in [1.807, 2.05) is 52.0 Å². The van der Waals surface area contributed by atoms with Crippen molar-refractivity contribution in [3.05, 3.63) is 28.7 Å². The van der Waals surface area contributed by atoms with Crippen LogP contribution < -0.4 is 10.2 Å². The molecule has 1 saturated heterocycles. The first-order valence-corrected chi connectivity index (χ1v) is 6.88. The zero-order valence-electron chi connectivity index (χ0n) is 11.2. The predicted molar refractivity (Wildman–Crippen MR) is 77.8 cm³/mol. The Hall–Kier alpha value is -1.03. The fourth-order valence-electron chi connectivity index (χ4n) is 2.27. The van der Waals surface area contributed by atoms with Gasteiger partial charge >= 0.3 is 0 Å². The van der Waals surface area contributed by atoms with Gasteiger partial charge in [0.2, 0.25) is 5.91 Å². The molecule has 0 unspecified atom stereocenters. The number of piperazine rings is 1. The SMILES string of the molecule is CC1(C)CN(c2ccccc2Br)C(C)(C)C(=O)N1. The largest absolute Gasteiger partial charge is 0.354 e. The summed E-state index contributed by atoms with van der Waals surface area (Å²) in [5.74, 6) is 0.0644. The normalized spacial score (nSPS) is 21.6. The Morgan fingerprint density at radius 2 is 1.83 bits per heavy atom. The highest BCUT2D eigenvalue weighted by Crippen LogP contribution is 2.34. The molecule has 98 valence electrons. The molecule has 0 aromatic heterocycles. The summed E-state index contributed by atoms with van der Waals surface area (Å²) in [5.41, 5.74) is 0.298. The molecule has 0 aliphatic carbocycles. The van der Waals surface area contributed by atoms with Gasteiger partial charge in [-0.15, -0.1) is 0 Å². The predicted octanol–water partition coefficient (Wildman–Crippen LogP) is 2.94. The van der Waals surface area contributed by atoms with Crippen molar-refractivity contribution in [2.24, 2.45) is 0 Å². The second-order valence-corrected chi connectivity index (χ2v) is 6.79. The molecule has 0 radical (unpaired) electrons. The lowest BCUT2D eigenvalue weighted by Crippen LogP contribution is -2.69. The van der Waals surface area contributed by atoms with E-state index in [2.05, 4.69) is 26.1 Å². The van der Waals surface area contributed by atoms with Crippen molar-refractivity contribution in [2.45, 2.75) is 38.8 Å². The maximum Gasteiger partial charge on any atom is 0.245 e. The van der Waals surface area contributed by atoms with Gasteiger partial charge in [0, 0.05) is 11.0 Å². The van der Waals surface area contributed by atoms with Crippen LogP contribution in [-0.2, 0) is 4.79 Å². The van der Waals surface area contributed by atoms with E-state index in [0.29, 0.717) is 0 Å². The van der Waals surface area contributed by atoms with Crippen molar-refractivity contribution in [2.75, 3.05) is 11.4 Å². The van der Waals surface area contributed by atoms with E-state index >= 15 is 0 Å². The molecule has 1 aliphatic heterocycles. The lowest BCUT2D eigenvalue weighted by molar-refractivity contribution is -0.128. The van der Waals surface area contributed by atoms with E-state index in [1.54, 1.807) is 0 Å². The van der Waals surface area contributed by atoms with Gasteiger partial charge in [-0.05, 0) is 55.8 Å². The molecule has 1 aliphatic rings. The zero-order valence-corrected chi connectivity index (χ0v) is 12.8. The molecule has 0 spiro atoms. The maximum absolute atomic E-state index is 12.3. The minimum atomic E-state index is -0.542. The average Bonchev–Trinajstić information content (AvgIpc) is 2.24. The van der Waals surface area contributed by atoms with Gasteiger partial charge in [-0.3, -0.25) is 4.79 Å². The summed E-state index contributed by atoms with van der Waals surface area (Å²) in [4.78, 5) is 14.4. The summed E-state index contributed by atoms with van der Waals surface area (Å²) in [7, 11) is 0. The smallest absolute Gasteiger partial charge is 0.245 e. The van der Waals surface area contributed by atoms with Crippen LogP contribution in [0, 0.1) is 0 Å². The van der Waals surface area contributed by atoms with Crippen LogP contribution in [0.15, 0.2) is 28.7 Å². The van der Waals surface area contributed by atoms with Crippen LogP contribution >= 0.6 is 15.9 Å². The lowest BCUT2D eigenvalue weighted by atomic mass is 9.90. The van der Waals surface area contributed by atoms with E-state index in [9.17, 15) is 4.79 Å². The van der Waals surface area contributed by atoms with Gasteiger partial charge in [-0.2, -0.15) is 0 Å². The highest BCUT2D eigenvalue weighted by Gasteiger charge is 2.44. The number of halogens is 1. The quantitative estimate of drug-likeness (QED) is 0.865. The van der Waals surface area contributed by atoms with E-state index in [0.717, 1.165) is 16.7 Å². The molecule has 0 saturated carbocycles. The first-order chi connectivity index (χ1) is 8.24. The van der Waals surface area contributed by atoms with E-state index in [1.165, 1.54) is 0 Å². The molecule has 3 nitrogen and oxygen atoms in total. The molecule has 18 heavy (non-hydrogen) atoms. The highest BCUT2D eigenvalue weighted by atomic mass is 79.9. The Labute approximate surface area is 117 Å². The third-order valence-corrected chi connectivity index (χ3v) is 4.05. The number of para-hydroxylation sites is 1. The topological polar surface area (TPSA) is 32.3 Å². The second-order valence-electron chi connectivity index (χ2n) is 5.93. The van der Waals surface area contributed by atoms with Crippen molar-refractivity contribution in [3.63, 3.8) is 0 Å². The first kappa shape index (κ1) is 13.4. The molecule has 1 aromatic carbocycles. The molecule has 1 N–H and O–H groups in total. The van der Waals surface area contributed by atoms with Crippen LogP contribution in [0.1, 0.15) is 27.7 Å². The highest BCUT2D eigenvalue weighted by molar-refractivity contribution is 9.10. The summed E-state index contributed by atoms with van der Waals surface area (Å²) >= 11 is 3.57. The third-order valence-electron chi connectivity index (χ3n) is 3.38. The Morgan fingerprint density at radius 3 is 2.44 bits per heavy atom. The van der Waals surface area contributed by atoms with E-state index < -0.39 is 5.54 Å². The third kappa shape index (κ3) is 2.26. The van der Waals surface area contributed by atoms with E-state index in [4.69, 9.17) is 0 Å². The van der Waals surface area contributed by atoms with Crippen LogP contribution in [0.4, 0.5) is 5.69 Å². The molecule has 4 heteroatoms. The van der Waals surface area contributed by atoms with Crippen LogP contribution in [0.3, 0.4) is 0 Å². The average molecular weight is 311 g/mol. The number of rotatable bonds is 1. The number of carbonyl (C=O) groups is 1. The molecule has 1 amide bonds. The number of nitrogens with one attached hydrogen (secondary N) is 1. The number of benzene rings is 1. The number of hydrogen-bond donors (Lipinski definition) is 1. The summed E-state index contributed by atoms with van der Waals surface area (Å²) in [5, 5.41) is 3.07. The van der Waals surface area contributed by atoms with Crippen molar-refractivity contribution in [1.29, 1.82) is 0 Å². The van der Waals surface area contributed by atoms with Crippen LogP contribution in [0.25, 0.3) is 0 Å². The summed E-state index contributed by atoms with van der Waals surface area (Å²) in [6, 6.07) is 8.02. The van der Waals surface area contributed by atoms with Crippen molar-refractivity contribution < 1.29 is 4.79 Å². The Bertz CT molecular complexity index is 482. The standard InChI is InChI=1S/C14H19BrN2O/c1-13(2)9-17(14(3,4)12(18)16-13)11-8-6-5-7-10(11)15/h5-8H,9H2,1-4H3,(H,16,18). The molecular weight excluding hydrogens is 292 g/mol. The van der Waals surface area contributed by atoms with Gasteiger partial charge in [-0.25, -0.2) is 0 Å². The minimum absolute atomic E-state index is 0.0644. The lowest BCUT2D eigenvalue weighted by Gasteiger charge is -2.49. The van der Waals surface area contributed by atoms with Crippen molar-refractivity contribution >= 4 is 27.5 Å². The number of nitrogens with zero attached hydrogens (tertiary/aromatic N) is 1. The molecule has 2 rings (SSSR count). The van der Waals surface area contributed by atoms with Gasteiger partial charge in [0.25, 0.3) is 0 Å². The maximum atomic E-state index is 12.3. The van der Waals surface area contributed by atoms with Gasteiger partial charge in [0.1, 0.15) is 5.54 Å². The number of carbonyl (C=O) groups excluding carboxylic acids is 1. The van der Waals surface area contributed by atoms with Crippen LogP contribution in [0.5, 0.6) is 0 Å². The molecule has 0 atom stereocenters. The van der Waals surface area contributed by atoms with Gasteiger partial charge in [-0.1, -0.05) is 12.1 Å². The minimum Gasteiger partial charge on any atom is -0.354 e. The van der Waals surface area contributed by atoms with Gasteiger partial charge in [0.05, 0.1) is 11.2 Å². The van der Waals surface area contributed by atoms with E-state index in [-0.39, 0.29) is 11.4 Å². The first-order valence-electron chi connectivity index (χ1n) is 6.09. The van der Waals surface area contributed by atoms with Crippen molar-refractivity contribution in [3.8, 4) is 0 Å². The summed E-state index contributed by atoms with van der Waals surface area (Å²) in [6.07, 6.45) is 0. The van der Waals surface area contributed by atoms with Gasteiger partial charge < -0.3 is 10.2 Å². The molecule has 1 aromatic rings. The van der Waals surface area contributed by atoms with Gasteiger partial charge in [0.15, 0.2) is 0 Å². The molecule has 0 bridgehead atoms. The second kappa shape index (κ2) is 4.26. The molecule has 1 fully saturated rings. The van der Waals surface area contributed by atoms with Crippen LogP contribution in [-0.4, -0.2) is 23.5 Å². The summed E-state index contributed by atoms with van der Waals surface area (Å²) in [6.45, 7) is 8.79. The Balaban J connectivity index is 2.47.